The van der Waals surface area contributed by atoms with Gasteiger partial charge in [0.15, 0.2) is 16.7 Å². The number of aliphatic hydroxyl groups is 1. The van der Waals surface area contributed by atoms with Gasteiger partial charge in [-0.25, -0.2) is 4.98 Å². The number of benzene rings is 1. The summed E-state index contributed by atoms with van der Waals surface area (Å²) in [5.74, 6) is -1.79. The van der Waals surface area contributed by atoms with Crippen LogP contribution in [0.1, 0.15) is 22.2 Å². The number of pyridine rings is 1. The number of amides is 1. The number of carbonyl (C=O) groups is 2. The van der Waals surface area contributed by atoms with Crippen LogP contribution < -0.4 is 4.90 Å². The predicted octanol–water partition coefficient (Wildman–Crippen LogP) is 4.07. The third-order valence-corrected chi connectivity index (χ3v) is 5.74. The van der Waals surface area contributed by atoms with Crippen LogP contribution in [-0.4, -0.2) is 26.8 Å². The maximum Gasteiger partial charge on any atom is 0.296 e. The van der Waals surface area contributed by atoms with E-state index in [4.69, 9.17) is 4.42 Å². The first-order valence-electron chi connectivity index (χ1n) is 8.75. The number of fused-ring (bicyclic) bond motifs is 1. The fourth-order valence-electron chi connectivity index (χ4n) is 3.40. The third-order valence-electron chi connectivity index (χ3n) is 4.71. The number of thiazole rings is 1. The Bertz CT molecular complexity index is 1230. The summed E-state index contributed by atoms with van der Waals surface area (Å²) in [6.45, 7) is 0. The number of hydrogen-bond acceptors (Lipinski definition) is 7. The second-order valence-electron chi connectivity index (χ2n) is 6.39. The van der Waals surface area contributed by atoms with Crippen molar-refractivity contribution in [1.29, 1.82) is 0 Å². The van der Waals surface area contributed by atoms with Crippen molar-refractivity contribution >= 4 is 38.4 Å². The van der Waals surface area contributed by atoms with Crippen LogP contribution in [0.3, 0.4) is 0 Å². The Kier molecular flexibility index (Phi) is 3.99. The zero-order valence-corrected chi connectivity index (χ0v) is 15.7. The minimum atomic E-state index is -0.844. The SMILES string of the molecule is O=C(C1=C(O)C(=O)N(c2nc3ccccc3s2)C1c1ccncc1)c1ccco1. The van der Waals surface area contributed by atoms with E-state index in [1.165, 1.54) is 28.6 Å². The quantitative estimate of drug-likeness (QED) is 0.516. The molecule has 1 unspecified atom stereocenters. The van der Waals surface area contributed by atoms with E-state index in [0.29, 0.717) is 10.7 Å². The molecule has 3 aromatic heterocycles. The van der Waals surface area contributed by atoms with Crippen molar-refractivity contribution in [2.75, 3.05) is 4.90 Å². The lowest BCUT2D eigenvalue weighted by Gasteiger charge is -2.24. The summed E-state index contributed by atoms with van der Waals surface area (Å²) in [5.41, 5.74) is 1.32. The van der Waals surface area contributed by atoms with Gasteiger partial charge in [-0.2, -0.15) is 0 Å². The number of para-hydroxylation sites is 1. The normalized spacial score (nSPS) is 16.8. The Balaban J connectivity index is 1.69. The number of hydrogen-bond donors (Lipinski definition) is 1. The molecule has 0 radical (unpaired) electrons. The highest BCUT2D eigenvalue weighted by molar-refractivity contribution is 7.22. The Morgan fingerprint density at radius 3 is 2.62 bits per heavy atom. The Hall–Kier alpha value is -3.78. The molecule has 0 aliphatic carbocycles. The predicted molar refractivity (Wildman–Crippen MR) is 107 cm³/mol. The first-order valence-corrected chi connectivity index (χ1v) is 9.57. The monoisotopic (exact) mass is 403 g/mol. The highest BCUT2D eigenvalue weighted by Gasteiger charge is 2.46. The molecule has 1 aliphatic rings. The lowest BCUT2D eigenvalue weighted by Crippen LogP contribution is -2.30. The summed E-state index contributed by atoms with van der Waals surface area (Å²) in [5, 5.41) is 11.0. The number of anilines is 1. The van der Waals surface area contributed by atoms with Crippen LogP contribution in [-0.2, 0) is 4.79 Å². The molecule has 142 valence electrons. The Morgan fingerprint density at radius 1 is 1.10 bits per heavy atom. The number of aliphatic hydroxyl groups excluding tert-OH is 1. The molecule has 0 spiro atoms. The van der Waals surface area contributed by atoms with Crippen LogP contribution in [0.15, 0.2) is 82.9 Å². The van der Waals surface area contributed by atoms with Gasteiger partial charge < -0.3 is 9.52 Å². The molecule has 1 aromatic carbocycles. The molecule has 8 heteroatoms. The van der Waals surface area contributed by atoms with E-state index in [-0.39, 0.29) is 11.3 Å². The number of rotatable bonds is 4. The highest BCUT2D eigenvalue weighted by Crippen LogP contribution is 2.43. The van der Waals surface area contributed by atoms with E-state index in [1.54, 1.807) is 30.6 Å². The molecule has 5 rings (SSSR count). The maximum atomic E-state index is 13.1. The first kappa shape index (κ1) is 17.3. The van der Waals surface area contributed by atoms with Crippen molar-refractivity contribution in [3.8, 4) is 0 Å². The van der Waals surface area contributed by atoms with Gasteiger partial charge in [-0.05, 0) is 42.0 Å². The Labute approximate surface area is 168 Å². The average Bonchev–Trinajstić information content (AvgIpc) is 3.47. The van der Waals surface area contributed by atoms with E-state index in [2.05, 4.69) is 9.97 Å². The van der Waals surface area contributed by atoms with Crippen LogP contribution in [0.5, 0.6) is 0 Å². The molecule has 4 heterocycles. The van der Waals surface area contributed by atoms with Crippen LogP contribution >= 0.6 is 11.3 Å². The highest BCUT2D eigenvalue weighted by atomic mass is 32.1. The van der Waals surface area contributed by atoms with Crippen LogP contribution in [0.2, 0.25) is 0 Å². The first-order chi connectivity index (χ1) is 14.1. The van der Waals surface area contributed by atoms with E-state index in [0.717, 1.165) is 10.2 Å². The van der Waals surface area contributed by atoms with Crippen LogP contribution in [0.4, 0.5) is 5.13 Å². The van der Waals surface area contributed by atoms with Gasteiger partial charge in [-0.1, -0.05) is 23.5 Å². The molecule has 29 heavy (non-hydrogen) atoms. The second-order valence-corrected chi connectivity index (χ2v) is 7.40. The lowest BCUT2D eigenvalue weighted by atomic mass is 9.96. The average molecular weight is 403 g/mol. The molecule has 7 nitrogen and oxygen atoms in total. The van der Waals surface area contributed by atoms with Crippen LogP contribution in [0.25, 0.3) is 10.2 Å². The summed E-state index contributed by atoms with van der Waals surface area (Å²) >= 11 is 1.32. The van der Waals surface area contributed by atoms with Gasteiger partial charge in [0.2, 0.25) is 5.78 Å². The zero-order chi connectivity index (χ0) is 20.0. The van der Waals surface area contributed by atoms with Crippen molar-refractivity contribution in [2.45, 2.75) is 6.04 Å². The van der Waals surface area contributed by atoms with E-state index in [1.807, 2.05) is 24.3 Å². The van der Waals surface area contributed by atoms with Crippen molar-refractivity contribution < 1.29 is 19.1 Å². The summed E-state index contributed by atoms with van der Waals surface area (Å²) in [6, 6.07) is 13.1. The molecule has 0 bridgehead atoms. The Morgan fingerprint density at radius 2 is 1.90 bits per heavy atom. The molecular formula is C21H13N3O4S. The number of furan rings is 1. The molecule has 0 fully saturated rings. The second kappa shape index (κ2) is 6.68. The standard InChI is InChI=1S/C21H13N3O4S/c25-18(14-5-3-11-28-14)16-17(12-7-9-22-10-8-12)24(20(27)19(16)26)21-23-13-4-1-2-6-15(13)29-21/h1-11,17,26H. The zero-order valence-electron chi connectivity index (χ0n) is 14.9. The largest absolute Gasteiger partial charge is 0.503 e. The van der Waals surface area contributed by atoms with Gasteiger partial charge >= 0.3 is 0 Å². The molecule has 0 saturated heterocycles. The smallest absolute Gasteiger partial charge is 0.296 e. The molecule has 4 aromatic rings. The summed E-state index contributed by atoms with van der Waals surface area (Å²) in [6.07, 6.45) is 4.51. The summed E-state index contributed by atoms with van der Waals surface area (Å²) < 4.78 is 6.11. The van der Waals surface area contributed by atoms with Crippen molar-refractivity contribution in [3.05, 3.63) is 89.8 Å². The van der Waals surface area contributed by atoms with Gasteiger partial charge in [-0.15, -0.1) is 0 Å². The van der Waals surface area contributed by atoms with Gasteiger partial charge in [0, 0.05) is 12.4 Å². The number of carbonyl (C=O) groups excluding carboxylic acids is 2. The number of aromatic nitrogens is 2. The van der Waals surface area contributed by atoms with Gasteiger partial charge in [0.1, 0.15) is 0 Å². The third kappa shape index (κ3) is 2.73. The summed E-state index contributed by atoms with van der Waals surface area (Å²) in [7, 11) is 0. The fourth-order valence-corrected chi connectivity index (χ4v) is 4.39. The molecule has 0 saturated carbocycles. The number of nitrogens with zero attached hydrogens (tertiary/aromatic N) is 3. The molecular weight excluding hydrogens is 390 g/mol. The van der Waals surface area contributed by atoms with Crippen molar-refractivity contribution in [3.63, 3.8) is 0 Å². The lowest BCUT2D eigenvalue weighted by molar-refractivity contribution is -0.117. The van der Waals surface area contributed by atoms with Crippen molar-refractivity contribution in [1.82, 2.24) is 9.97 Å². The van der Waals surface area contributed by atoms with Crippen molar-refractivity contribution in [2.24, 2.45) is 0 Å². The topological polar surface area (TPSA) is 96.5 Å². The van der Waals surface area contributed by atoms with Gasteiger partial charge in [0.25, 0.3) is 5.91 Å². The molecule has 1 atom stereocenters. The minimum Gasteiger partial charge on any atom is -0.503 e. The summed E-state index contributed by atoms with van der Waals surface area (Å²) in [4.78, 5) is 36.0. The molecule has 1 amide bonds. The maximum absolute atomic E-state index is 13.1. The van der Waals surface area contributed by atoms with Gasteiger partial charge in [-0.3, -0.25) is 19.5 Å². The molecule has 1 aliphatic heterocycles. The van der Waals surface area contributed by atoms with E-state index < -0.39 is 23.5 Å². The van der Waals surface area contributed by atoms with Gasteiger partial charge in [0.05, 0.1) is 28.1 Å². The number of Topliss-reactive ketones (excluding diaryl/α,β-unsaturated/α-hetero) is 1. The van der Waals surface area contributed by atoms with E-state index in [9.17, 15) is 14.7 Å². The fraction of sp³-hybridized carbons (Fsp3) is 0.0476. The van der Waals surface area contributed by atoms with E-state index >= 15 is 0 Å². The molecule has 1 N–H and O–H groups in total. The van der Waals surface area contributed by atoms with Crippen LogP contribution in [0, 0.1) is 0 Å². The minimum absolute atomic E-state index is 0.0459. The number of ketones is 1.